The maximum absolute atomic E-state index is 13.6. The monoisotopic (exact) mass is 336 g/mol. The Kier molecular flexibility index (Phi) is 3.15. The summed E-state index contributed by atoms with van der Waals surface area (Å²) in [5.74, 6) is -2.20. The van der Waals surface area contributed by atoms with Gasteiger partial charge in [-0.1, -0.05) is 0 Å². The lowest BCUT2D eigenvalue weighted by atomic mass is 10.1. The molecule has 0 radical (unpaired) electrons. The van der Waals surface area contributed by atoms with E-state index in [4.69, 9.17) is 0 Å². The summed E-state index contributed by atoms with van der Waals surface area (Å²) in [4.78, 5) is 33.6. The molecule has 4 rings (SSSR count). The van der Waals surface area contributed by atoms with E-state index in [0.29, 0.717) is 30.3 Å². The van der Waals surface area contributed by atoms with E-state index >= 15 is 0 Å². The summed E-state index contributed by atoms with van der Waals surface area (Å²) in [5.41, 5.74) is -0.200. The maximum Gasteiger partial charge on any atom is 0.325 e. The number of aromatic amines is 2. The van der Waals surface area contributed by atoms with Gasteiger partial charge in [0.2, 0.25) is 0 Å². The van der Waals surface area contributed by atoms with Crippen molar-refractivity contribution in [1.29, 1.82) is 0 Å². The molecule has 0 atom stereocenters. The fraction of sp³-hybridized carbons (Fsp3) is 0.429. The van der Waals surface area contributed by atoms with E-state index < -0.39 is 17.2 Å². The first-order valence-electron chi connectivity index (χ1n) is 7.51. The van der Waals surface area contributed by atoms with Crippen molar-refractivity contribution in [2.45, 2.75) is 12.3 Å². The molecule has 0 unspecified atom stereocenters. The van der Waals surface area contributed by atoms with E-state index in [1.54, 1.807) is 16.0 Å². The number of aromatic nitrogens is 2. The average molecular weight is 336 g/mol. The minimum Gasteiger partial charge on any atom is -0.362 e. The van der Waals surface area contributed by atoms with Crippen molar-refractivity contribution < 1.29 is 8.78 Å². The minimum atomic E-state index is -2.74. The van der Waals surface area contributed by atoms with Crippen molar-refractivity contribution in [2.75, 3.05) is 26.2 Å². The van der Waals surface area contributed by atoms with Gasteiger partial charge >= 0.3 is 5.69 Å². The zero-order valence-corrected chi connectivity index (χ0v) is 12.6. The zero-order chi connectivity index (χ0) is 16.9. The number of hydrogen-bond acceptors (Lipinski definition) is 6. The number of rotatable bonds is 2. The molecule has 2 N–H and O–H groups in total. The zero-order valence-electron chi connectivity index (χ0n) is 12.6. The van der Waals surface area contributed by atoms with Gasteiger partial charge in [0.15, 0.2) is 5.84 Å². The fourth-order valence-corrected chi connectivity index (χ4v) is 3.01. The van der Waals surface area contributed by atoms with Crippen molar-refractivity contribution in [3.63, 3.8) is 0 Å². The Morgan fingerprint density at radius 1 is 1.25 bits per heavy atom. The maximum atomic E-state index is 13.6. The number of likely N-dealkylation sites (tertiary alicyclic amines) is 1. The van der Waals surface area contributed by atoms with E-state index in [0.717, 1.165) is 0 Å². The summed E-state index contributed by atoms with van der Waals surface area (Å²) in [5, 5.41) is 5.95. The number of fused-ring (bicyclic) bond motifs is 1. The summed E-state index contributed by atoms with van der Waals surface area (Å²) < 4.78 is 27.1. The normalized spacial score (nSPS) is 22.2. The molecule has 0 aliphatic carbocycles. The van der Waals surface area contributed by atoms with Crippen LogP contribution >= 0.6 is 0 Å². The summed E-state index contributed by atoms with van der Waals surface area (Å²) >= 11 is 0. The number of hydrogen-bond donors (Lipinski definition) is 2. The summed E-state index contributed by atoms with van der Waals surface area (Å²) in [6.07, 6.45) is 2.62. The van der Waals surface area contributed by atoms with Gasteiger partial charge in [0.1, 0.15) is 5.71 Å². The molecular formula is C14H14F2N6O2. The number of aliphatic imine (C=N–C) groups is 1. The van der Waals surface area contributed by atoms with Gasteiger partial charge in [0.25, 0.3) is 11.5 Å². The first-order chi connectivity index (χ1) is 11.4. The van der Waals surface area contributed by atoms with Crippen LogP contribution in [0, 0.1) is 0 Å². The Balaban J connectivity index is 1.77. The van der Waals surface area contributed by atoms with E-state index in [-0.39, 0.29) is 25.1 Å². The second-order valence-electron chi connectivity index (χ2n) is 5.86. The third-order valence-electron chi connectivity index (χ3n) is 4.15. The van der Waals surface area contributed by atoms with Crippen LogP contribution in [0.1, 0.15) is 12.0 Å². The molecule has 4 heterocycles. The summed E-state index contributed by atoms with van der Waals surface area (Å²) in [6.45, 7) is 0.846. The van der Waals surface area contributed by atoms with Crippen LogP contribution in [0.3, 0.4) is 0 Å². The molecule has 0 saturated carbocycles. The van der Waals surface area contributed by atoms with Gasteiger partial charge in [-0.15, -0.1) is 0 Å². The van der Waals surface area contributed by atoms with Crippen molar-refractivity contribution >= 4 is 11.5 Å². The van der Waals surface area contributed by atoms with Crippen LogP contribution in [0.5, 0.6) is 0 Å². The lowest BCUT2D eigenvalue weighted by molar-refractivity contribution is 0.0155. The van der Waals surface area contributed by atoms with E-state index in [2.05, 4.69) is 20.1 Å². The summed E-state index contributed by atoms with van der Waals surface area (Å²) in [6, 6.07) is 0. The molecule has 1 fully saturated rings. The Hall–Kier alpha value is -2.78. The van der Waals surface area contributed by atoms with Crippen molar-refractivity contribution in [3.05, 3.63) is 44.4 Å². The number of hydrazone groups is 1. The fourth-order valence-electron chi connectivity index (χ4n) is 3.01. The van der Waals surface area contributed by atoms with E-state index in [9.17, 15) is 18.4 Å². The van der Waals surface area contributed by atoms with Crippen LogP contribution < -0.4 is 11.2 Å². The number of amidine groups is 1. The molecule has 0 aromatic carbocycles. The number of alkyl halides is 2. The highest BCUT2D eigenvalue weighted by molar-refractivity contribution is 6.16. The Morgan fingerprint density at radius 3 is 2.79 bits per heavy atom. The Morgan fingerprint density at radius 2 is 2.08 bits per heavy atom. The highest BCUT2D eigenvalue weighted by Crippen LogP contribution is 2.32. The average Bonchev–Trinajstić information content (AvgIpc) is 3.12. The van der Waals surface area contributed by atoms with E-state index in [1.807, 2.05) is 0 Å². The molecule has 0 spiro atoms. The van der Waals surface area contributed by atoms with Crippen LogP contribution in [0.15, 0.2) is 37.7 Å². The second kappa shape index (κ2) is 5.11. The topological polar surface area (TPSA) is 96.9 Å². The third kappa shape index (κ3) is 2.43. The number of allylic oxidation sites excluding steroid dienone is 1. The number of H-pyrrole nitrogens is 2. The van der Waals surface area contributed by atoms with Gasteiger partial charge in [-0.05, 0) is 6.08 Å². The lowest BCUT2D eigenvalue weighted by Gasteiger charge is -2.29. The van der Waals surface area contributed by atoms with Crippen molar-refractivity contribution in [2.24, 2.45) is 10.1 Å². The third-order valence-corrected chi connectivity index (χ3v) is 4.15. The van der Waals surface area contributed by atoms with Crippen LogP contribution in [0.2, 0.25) is 0 Å². The molecule has 10 heteroatoms. The van der Waals surface area contributed by atoms with Crippen LogP contribution in [0.4, 0.5) is 8.78 Å². The smallest absolute Gasteiger partial charge is 0.325 e. The SMILES string of the molecule is O=c1[nH]cc(C2=NN3CCN=C3C(N3CCC(F)(F)C3)=C2)c(=O)[nH]1. The quantitative estimate of drug-likeness (QED) is 0.776. The molecule has 1 aromatic heterocycles. The minimum absolute atomic E-state index is 0.170. The standard InChI is InChI=1S/C14H14F2N6O2/c15-14(16)1-3-21(7-14)10-5-9(20-22-4-2-17-11(10)22)8-6-18-13(24)19-12(8)23/h5-6H,1-4,7H2,(H2,18,19,23,24). The second-order valence-corrected chi connectivity index (χ2v) is 5.86. The van der Waals surface area contributed by atoms with Crippen molar-refractivity contribution in [1.82, 2.24) is 19.9 Å². The molecule has 3 aliphatic heterocycles. The molecule has 1 aromatic rings. The number of nitrogens with zero attached hydrogens (tertiary/aromatic N) is 4. The Bertz CT molecular complexity index is 897. The first-order valence-corrected chi connectivity index (χ1v) is 7.51. The predicted octanol–water partition coefficient (Wildman–Crippen LogP) is -0.280. The molecule has 24 heavy (non-hydrogen) atoms. The van der Waals surface area contributed by atoms with Crippen LogP contribution in [-0.2, 0) is 0 Å². The lowest BCUT2D eigenvalue weighted by Crippen LogP contribution is -2.39. The van der Waals surface area contributed by atoms with E-state index in [1.165, 1.54) is 6.20 Å². The predicted molar refractivity (Wildman–Crippen MR) is 82.4 cm³/mol. The largest absolute Gasteiger partial charge is 0.362 e. The molecule has 126 valence electrons. The number of halogens is 2. The molecular weight excluding hydrogens is 322 g/mol. The first kappa shape index (κ1) is 14.8. The van der Waals surface area contributed by atoms with Gasteiger partial charge in [0.05, 0.1) is 30.9 Å². The van der Waals surface area contributed by atoms with Crippen molar-refractivity contribution in [3.8, 4) is 0 Å². The molecule has 0 amide bonds. The van der Waals surface area contributed by atoms with Crippen LogP contribution in [-0.4, -0.2) is 63.5 Å². The molecule has 3 aliphatic rings. The molecule has 0 bridgehead atoms. The Labute approximate surface area is 134 Å². The molecule has 8 nitrogen and oxygen atoms in total. The van der Waals surface area contributed by atoms with Crippen LogP contribution in [0.25, 0.3) is 0 Å². The van der Waals surface area contributed by atoms with Gasteiger partial charge < -0.3 is 9.88 Å². The van der Waals surface area contributed by atoms with Gasteiger partial charge in [-0.25, -0.2) is 18.6 Å². The van der Waals surface area contributed by atoms with Gasteiger partial charge in [-0.2, -0.15) is 5.10 Å². The number of nitrogens with one attached hydrogen (secondary N) is 2. The van der Waals surface area contributed by atoms with Gasteiger partial charge in [-0.3, -0.25) is 14.8 Å². The highest BCUT2D eigenvalue weighted by Gasteiger charge is 2.41. The highest BCUT2D eigenvalue weighted by atomic mass is 19.3. The van der Waals surface area contributed by atoms with Gasteiger partial charge in [0, 0.05) is 19.2 Å². The molecule has 1 saturated heterocycles. The summed E-state index contributed by atoms with van der Waals surface area (Å²) in [7, 11) is 0.